The van der Waals surface area contributed by atoms with E-state index in [9.17, 15) is 14.4 Å². The van der Waals surface area contributed by atoms with Crippen molar-refractivity contribution in [2.75, 3.05) is 18.1 Å². The van der Waals surface area contributed by atoms with Gasteiger partial charge in [0.25, 0.3) is 11.8 Å². The predicted molar refractivity (Wildman–Crippen MR) is 70.0 cm³/mol. The molecule has 0 fully saturated rings. The van der Waals surface area contributed by atoms with Crippen molar-refractivity contribution >= 4 is 36.0 Å². The number of amides is 3. The van der Waals surface area contributed by atoms with Crippen molar-refractivity contribution in [3.8, 4) is 0 Å². The number of hydrogen-bond donors (Lipinski definition) is 2. The minimum atomic E-state index is -0.347. The van der Waals surface area contributed by atoms with Crippen molar-refractivity contribution in [3.05, 3.63) is 29.3 Å². The maximum atomic E-state index is 11.8. The molecule has 3 amide bonds. The van der Waals surface area contributed by atoms with E-state index in [0.29, 0.717) is 29.0 Å². The summed E-state index contributed by atoms with van der Waals surface area (Å²) < 4.78 is 0. The van der Waals surface area contributed by atoms with Gasteiger partial charge < -0.3 is 5.32 Å². The number of imide groups is 1. The highest BCUT2D eigenvalue weighted by Gasteiger charge is 2.32. The van der Waals surface area contributed by atoms with Crippen LogP contribution in [0.2, 0.25) is 0 Å². The first-order valence-electron chi connectivity index (χ1n) is 5.41. The Labute approximate surface area is 110 Å². The average Bonchev–Trinajstić information content (AvgIpc) is 2.55. The van der Waals surface area contributed by atoms with Crippen molar-refractivity contribution in [2.45, 2.75) is 6.42 Å². The van der Waals surface area contributed by atoms with Gasteiger partial charge >= 0.3 is 0 Å². The molecule has 18 heavy (non-hydrogen) atoms. The summed E-state index contributed by atoms with van der Waals surface area (Å²) in [7, 11) is 1.43. The van der Waals surface area contributed by atoms with Crippen LogP contribution in [0, 0.1) is 0 Å². The van der Waals surface area contributed by atoms with Crippen LogP contribution in [0.15, 0.2) is 18.2 Å². The van der Waals surface area contributed by atoms with Gasteiger partial charge in [0.2, 0.25) is 5.91 Å². The largest absolute Gasteiger partial charge is 0.326 e. The van der Waals surface area contributed by atoms with E-state index in [-0.39, 0.29) is 17.7 Å². The zero-order valence-corrected chi connectivity index (χ0v) is 10.7. The number of carbonyl (C=O) groups excluding carboxylic acids is 3. The molecule has 6 heteroatoms. The molecule has 0 spiro atoms. The molecule has 1 aliphatic rings. The smallest absolute Gasteiger partial charge is 0.261 e. The van der Waals surface area contributed by atoms with E-state index in [4.69, 9.17) is 0 Å². The molecular weight excluding hydrogens is 252 g/mol. The lowest BCUT2D eigenvalue weighted by Gasteiger charge is -2.05. The molecule has 0 aromatic heterocycles. The summed E-state index contributed by atoms with van der Waals surface area (Å²) in [6.45, 7) is 0. The minimum Gasteiger partial charge on any atom is -0.326 e. The van der Waals surface area contributed by atoms with Crippen LogP contribution >= 0.6 is 12.6 Å². The molecule has 1 heterocycles. The lowest BCUT2D eigenvalue weighted by Crippen LogP contribution is -2.24. The van der Waals surface area contributed by atoms with E-state index in [0.717, 1.165) is 4.90 Å². The molecule has 1 aliphatic heterocycles. The summed E-state index contributed by atoms with van der Waals surface area (Å²) in [6.07, 6.45) is 0.299. The van der Waals surface area contributed by atoms with Crippen molar-refractivity contribution < 1.29 is 14.4 Å². The highest BCUT2D eigenvalue weighted by molar-refractivity contribution is 7.80. The van der Waals surface area contributed by atoms with Crippen LogP contribution in [-0.4, -0.2) is 35.4 Å². The zero-order valence-electron chi connectivity index (χ0n) is 9.77. The summed E-state index contributed by atoms with van der Waals surface area (Å²) in [5.41, 5.74) is 1.21. The minimum absolute atomic E-state index is 0.171. The van der Waals surface area contributed by atoms with Crippen molar-refractivity contribution in [3.63, 3.8) is 0 Å². The fraction of sp³-hybridized carbons (Fsp3) is 0.250. The fourth-order valence-corrected chi connectivity index (χ4v) is 1.97. The number of rotatable bonds is 3. The van der Waals surface area contributed by atoms with Crippen molar-refractivity contribution in [1.29, 1.82) is 0 Å². The Morgan fingerprint density at radius 3 is 2.61 bits per heavy atom. The number of carbonyl (C=O) groups is 3. The number of nitrogens with zero attached hydrogens (tertiary/aromatic N) is 1. The Hall–Kier alpha value is -1.82. The molecule has 1 aromatic rings. The van der Waals surface area contributed by atoms with Crippen LogP contribution in [0.1, 0.15) is 27.1 Å². The first kappa shape index (κ1) is 12.6. The Kier molecular flexibility index (Phi) is 3.38. The molecular formula is C12H12N2O3S. The third kappa shape index (κ3) is 2.11. The number of benzene rings is 1. The van der Waals surface area contributed by atoms with Crippen LogP contribution in [0.4, 0.5) is 5.69 Å². The molecule has 94 valence electrons. The maximum Gasteiger partial charge on any atom is 0.261 e. The second-order valence-corrected chi connectivity index (χ2v) is 4.40. The third-order valence-electron chi connectivity index (χ3n) is 2.71. The molecule has 5 nitrogen and oxygen atoms in total. The standard InChI is InChI=1S/C12H12N2O3S/c1-14-11(16)8-3-2-7(6-9(8)12(14)17)13-10(15)4-5-18/h2-3,6,18H,4-5H2,1H3,(H,13,15). The molecule has 0 unspecified atom stereocenters. The molecule has 0 saturated carbocycles. The SMILES string of the molecule is CN1C(=O)c2ccc(NC(=O)CCS)cc2C1=O. The van der Waals surface area contributed by atoms with E-state index in [2.05, 4.69) is 17.9 Å². The average molecular weight is 264 g/mol. The van der Waals surface area contributed by atoms with E-state index in [1.165, 1.54) is 13.1 Å². The molecule has 2 rings (SSSR count). The van der Waals surface area contributed by atoms with E-state index >= 15 is 0 Å². The Bertz CT molecular complexity index is 542. The van der Waals surface area contributed by atoms with Crippen LogP contribution in [0.3, 0.4) is 0 Å². The molecule has 0 atom stereocenters. The summed E-state index contributed by atoms with van der Waals surface area (Å²) in [5, 5.41) is 2.65. The molecule has 0 radical (unpaired) electrons. The van der Waals surface area contributed by atoms with Gasteiger partial charge in [-0.15, -0.1) is 0 Å². The van der Waals surface area contributed by atoms with Crippen LogP contribution in [0.5, 0.6) is 0 Å². The van der Waals surface area contributed by atoms with Crippen LogP contribution < -0.4 is 5.32 Å². The number of anilines is 1. The summed E-state index contributed by atoms with van der Waals surface area (Å²) >= 11 is 3.96. The van der Waals surface area contributed by atoms with Crippen molar-refractivity contribution in [1.82, 2.24) is 4.90 Å². The number of thiol groups is 1. The van der Waals surface area contributed by atoms with E-state index in [1.807, 2.05) is 0 Å². The van der Waals surface area contributed by atoms with E-state index < -0.39 is 0 Å². The number of fused-ring (bicyclic) bond motifs is 1. The molecule has 1 aromatic carbocycles. The van der Waals surface area contributed by atoms with Gasteiger partial charge in [-0.25, -0.2) is 0 Å². The van der Waals surface area contributed by atoms with Gasteiger partial charge in [0, 0.05) is 19.2 Å². The summed E-state index contributed by atoms with van der Waals surface area (Å²) in [6, 6.07) is 4.68. The van der Waals surface area contributed by atoms with Crippen LogP contribution in [-0.2, 0) is 4.79 Å². The third-order valence-corrected chi connectivity index (χ3v) is 2.94. The van der Waals surface area contributed by atoms with Gasteiger partial charge in [0.05, 0.1) is 11.1 Å². The van der Waals surface area contributed by atoms with Gasteiger partial charge in [-0.05, 0) is 24.0 Å². The quantitative estimate of drug-likeness (QED) is 0.636. The summed E-state index contributed by atoms with van der Waals surface area (Å²) in [4.78, 5) is 35.9. The monoisotopic (exact) mass is 264 g/mol. The van der Waals surface area contributed by atoms with Gasteiger partial charge in [-0.3, -0.25) is 19.3 Å². The highest BCUT2D eigenvalue weighted by atomic mass is 32.1. The van der Waals surface area contributed by atoms with Gasteiger partial charge in [0.1, 0.15) is 0 Å². The topological polar surface area (TPSA) is 66.5 Å². The fourth-order valence-electron chi connectivity index (χ4n) is 1.76. The zero-order chi connectivity index (χ0) is 13.3. The summed E-state index contributed by atoms with van der Waals surface area (Å²) in [5.74, 6) is -0.379. The lowest BCUT2D eigenvalue weighted by atomic mass is 10.1. The van der Waals surface area contributed by atoms with Gasteiger partial charge in [-0.2, -0.15) is 12.6 Å². The first-order valence-corrected chi connectivity index (χ1v) is 6.05. The highest BCUT2D eigenvalue weighted by Crippen LogP contribution is 2.24. The van der Waals surface area contributed by atoms with Crippen LogP contribution in [0.25, 0.3) is 0 Å². The normalized spacial score (nSPS) is 13.8. The molecule has 1 N–H and O–H groups in total. The lowest BCUT2D eigenvalue weighted by molar-refractivity contribution is -0.115. The second kappa shape index (κ2) is 4.81. The Morgan fingerprint density at radius 2 is 1.94 bits per heavy atom. The van der Waals surface area contributed by atoms with Crippen molar-refractivity contribution in [2.24, 2.45) is 0 Å². The van der Waals surface area contributed by atoms with Gasteiger partial charge in [-0.1, -0.05) is 0 Å². The molecule has 0 bridgehead atoms. The molecule has 0 saturated heterocycles. The number of hydrogen-bond acceptors (Lipinski definition) is 4. The Balaban J connectivity index is 2.27. The van der Waals surface area contributed by atoms with E-state index in [1.54, 1.807) is 12.1 Å². The molecule has 0 aliphatic carbocycles. The first-order chi connectivity index (χ1) is 8.54. The van der Waals surface area contributed by atoms with Gasteiger partial charge in [0.15, 0.2) is 0 Å². The predicted octanol–water partition coefficient (Wildman–Crippen LogP) is 1.17. The Morgan fingerprint density at radius 1 is 1.28 bits per heavy atom. The number of nitrogens with one attached hydrogen (secondary N) is 1. The second-order valence-electron chi connectivity index (χ2n) is 3.95. The maximum absolute atomic E-state index is 11.8.